The maximum absolute atomic E-state index is 6.09. The van der Waals surface area contributed by atoms with Gasteiger partial charge < -0.3 is 10.1 Å². The van der Waals surface area contributed by atoms with E-state index in [0.29, 0.717) is 23.3 Å². The molecule has 1 N–H and O–H groups in total. The zero-order valence-corrected chi connectivity index (χ0v) is 12.3. The number of aromatic nitrogens is 2. The third-order valence-electron chi connectivity index (χ3n) is 2.87. The predicted octanol–water partition coefficient (Wildman–Crippen LogP) is 3.97. The first-order valence-corrected chi connectivity index (χ1v) is 7.28. The molecular formula is C14H12ClN3OS. The summed E-state index contributed by atoms with van der Waals surface area (Å²) in [6, 6.07) is 7.69. The molecule has 6 heteroatoms. The van der Waals surface area contributed by atoms with Crippen LogP contribution in [0.15, 0.2) is 35.8 Å². The molecule has 3 rings (SSSR count). The minimum atomic E-state index is 0.599. The van der Waals surface area contributed by atoms with Crippen LogP contribution in [0.25, 0.3) is 10.2 Å². The van der Waals surface area contributed by atoms with Crippen molar-refractivity contribution in [3.63, 3.8) is 0 Å². The summed E-state index contributed by atoms with van der Waals surface area (Å²) in [6.45, 7) is 0.612. The molecule has 0 bridgehead atoms. The summed E-state index contributed by atoms with van der Waals surface area (Å²) in [6.07, 6.45) is 1.82. The molecule has 0 fully saturated rings. The second kappa shape index (κ2) is 5.64. The normalized spacial score (nSPS) is 10.7. The van der Waals surface area contributed by atoms with E-state index >= 15 is 0 Å². The van der Waals surface area contributed by atoms with E-state index in [1.807, 2.05) is 35.8 Å². The van der Waals surface area contributed by atoms with Crippen molar-refractivity contribution >= 4 is 39.1 Å². The van der Waals surface area contributed by atoms with Gasteiger partial charge in [0, 0.05) is 18.1 Å². The molecule has 4 nitrogen and oxygen atoms in total. The lowest BCUT2D eigenvalue weighted by Gasteiger charge is -2.07. The molecule has 2 heterocycles. The lowest BCUT2D eigenvalue weighted by atomic mass is 10.2. The van der Waals surface area contributed by atoms with E-state index in [2.05, 4.69) is 15.3 Å². The van der Waals surface area contributed by atoms with Gasteiger partial charge in [-0.3, -0.25) is 0 Å². The Bertz CT molecular complexity index is 744. The molecule has 102 valence electrons. The van der Waals surface area contributed by atoms with Gasteiger partial charge >= 0.3 is 0 Å². The Balaban J connectivity index is 1.73. The number of halogens is 1. The van der Waals surface area contributed by atoms with Crippen LogP contribution in [0, 0.1) is 0 Å². The Morgan fingerprint density at radius 2 is 2.25 bits per heavy atom. The molecule has 0 aliphatic rings. The molecule has 0 saturated carbocycles. The van der Waals surface area contributed by atoms with Crippen molar-refractivity contribution < 1.29 is 4.74 Å². The molecule has 1 aromatic carbocycles. The van der Waals surface area contributed by atoms with Crippen molar-refractivity contribution in [2.75, 3.05) is 12.4 Å². The largest absolute Gasteiger partial charge is 0.495 e. The molecule has 0 atom stereocenters. The van der Waals surface area contributed by atoms with Gasteiger partial charge in [0.2, 0.25) is 5.95 Å². The van der Waals surface area contributed by atoms with Gasteiger partial charge in [0.1, 0.15) is 10.6 Å². The average Bonchev–Trinajstić information content (AvgIpc) is 2.92. The van der Waals surface area contributed by atoms with Crippen molar-refractivity contribution in [3.8, 4) is 5.75 Å². The number of benzene rings is 1. The number of ether oxygens (including phenoxy) is 1. The highest BCUT2D eigenvalue weighted by Crippen LogP contribution is 2.25. The predicted molar refractivity (Wildman–Crippen MR) is 82.7 cm³/mol. The van der Waals surface area contributed by atoms with Gasteiger partial charge in [-0.05, 0) is 29.1 Å². The van der Waals surface area contributed by atoms with E-state index in [-0.39, 0.29) is 0 Å². The SMILES string of the molecule is COc1ccc(CNc2ncc3ccsc3n2)cc1Cl. The number of anilines is 1. The van der Waals surface area contributed by atoms with Crippen LogP contribution in [0.1, 0.15) is 5.56 Å². The van der Waals surface area contributed by atoms with Crippen LogP contribution in [0.2, 0.25) is 5.02 Å². The quantitative estimate of drug-likeness (QED) is 0.792. The fourth-order valence-corrected chi connectivity index (χ4v) is 2.86. The van der Waals surface area contributed by atoms with Crippen LogP contribution < -0.4 is 10.1 Å². The third-order valence-corrected chi connectivity index (χ3v) is 3.99. The zero-order chi connectivity index (χ0) is 13.9. The molecule has 2 aromatic heterocycles. The molecule has 3 aromatic rings. The van der Waals surface area contributed by atoms with Gasteiger partial charge in [-0.25, -0.2) is 9.97 Å². The summed E-state index contributed by atoms with van der Waals surface area (Å²) in [5.74, 6) is 1.29. The average molecular weight is 306 g/mol. The first-order valence-electron chi connectivity index (χ1n) is 6.03. The molecular weight excluding hydrogens is 294 g/mol. The fourth-order valence-electron chi connectivity index (χ4n) is 1.84. The van der Waals surface area contributed by atoms with Crippen LogP contribution in [0.5, 0.6) is 5.75 Å². The monoisotopic (exact) mass is 305 g/mol. The standard InChI is InChI=1S/C14H12ClN3OS/c1-19-12-3-2-9(6-11(12)15)7-16-14-17-8-10-4-5-20-13(10)18-14/h2-6,8H,7H2,1H3,(H,16,17,18). The minimum Gasteiger partial charge on any atom is -0.495 e. The molecule has 0 spiro atoms. The van der Waals surface area contributed by atoms with E-state index in [4.69, 9.17) is 16.3 Å². The highest BCUT2D eigenvalue weighted by Gasteiger charge is 2.04. The molecule has 0 unspecified atom stereocenters. The number of thiophene rings is 1. The topological polar surface area (TPSA) is 47.0 Å². The van der Waals surface area contributed by atoms with Gasteiger partial charge in [0.25, 0.3) is 0 Å². The Morgan fingerprint density at radius 3 is 3.05 bits per heavy atom. The van der Waals surface area contributed by atoms with Crippen LogP contribution >= 0.6 is 22.9 Å². The number of fused-ring (bicyclic) bond motifs is 1. The van der Waals surface area contributed by atoms with E-state index < -0.39 is 0 Å². The highest BCUT2D eigenvalue weighted by atomic mass is 35.5. The lowest BCUT2D eigenvalue weighted by molar-refractivity contribution is 0.415. The number of rotatable bonds is 4. The lowest BCUT2D eigenvalue weighted by Crippen LogP contribution is -2.03. The van der Waals surface area contributed by atoms with Crippen molar-refractivity contribution in [2.45, 2.75) is 6.54 Å². The first-order chi connectivity index (χ1) is 9.76. The summed E-state index contributed by atoms with van der Waals surface area (Å²) >= 11 is 7.69. The van der Waals surface area contributed by atoms with Crippen molar-refractivity contribution in [1.82, 2.24) is 9.97 Å². The smallest absolute Gasteiger partial charge is 0.224 e. The second-order valence-corrected chi connectivity index (χ2v) is 5.50. The third kappa shape index (κ3) is 2.69. The summed E-state index contributed by atoms with van der Waals surface area (Å²) < 4.78 is 5.13. The van der Waals surface area contributed by atoms with E-state index in [9.17, 15) is 0 Å². The summed E-state index contributed by atoms with van der Waals surface area (Å²) in [7, 11) is 1.60. The maximum atomic E-state index is 6.09. The molecule has 0 amide bonds. The summed E-state index contributed by atoms with van der Waals surface area (Å²) in [5.41, 5.74) is 1.05. The Hall–Kier alpha value is -1.85. The van der Waals surface area contributed by atoms with E-state index in [1.54, 1.807) is 18.4 Å². The van der Waals surface area contributed by atoms with Crippen molar-refractivity contribution in [2.24, 2.45) is 0 Å². The Labute approximate surface area is 125 Å². The van der Waals surface area contributed by atoms with Gasteiger partial charge in [0.15, 0.2) is 0 Å². The summed E-state index contributed by atoms with van der Waals surface area (Å²) in [5, 5.41) is 6.86. The second-order valence-electron chi connectivity index (χ2n) is 4.20. The molecule has 20 heavy (non-hydrogen) atoms. The van der Waals surface area contributed by atoms with Crippen LogP contribution in [0.3, 0.4) is 0 Å². The van der Waals surface area contributed by atoms with Crippen LogP contribution in [-0.2, 0) is 6.54 Å². The van der Waals surface area contributed by atoms with E-state index in [0.717, 1.165) is 15.8 Å². The Kier molecular flexibility index (Phi) is 3.71. The maximum Gasteiger partial charge on any atom is 0.224 e. The van der Waals surface area contributed by atoms with Crippen molar-refractivity contribution in [3.05, 3.63) is 46.4 Å². The first kappa shape index (κ1) is 13.1. The minimum absolute atomic E-state index is 0.599. The van der Waals surface area contributed by atoms with Gasteiger partial charge in [-0.1, -0.05) is 17.7 Å². The number of hydrogen-bond donors (Lipinski definition) is 1. The number of methoxy groups -OCH3 is 1. The molecule has 0 aliphatic carbocycles. The van der Waals surface area contributed by atoms with Crippen LogP contribution in [0.4, 0.5) is 5.95 Å². The molecule has 0 aliphatic heterocycles. The van der Waals surface area contributed by atoms with Crippen molar-refractivity contribution in [1.29, 1.82) is 0 Å². The van der Waals surface area contributed by atoms with Crippen LogP contribution in [-0.4, -0.2) is 17.1 Å². The molecule has 0 saturated heterocycles. The summed E-state index contributed by atoms with van der Waals surface area (Å²) in [4.78, 5) is 9.70. The van der Waals surface area contributed by atoms with E-state index in [1.165, 1.54) is 0 Å². The number of nitrogens with zero attached hydrogens (tertiary/aromatic N) is 2. The number of hydrogen-bond acceptors (Lipinski definition) is 5. The number of nitrogens with one attached hydrogen (secondary N) is 1. The molecule has 0 radical (unpaired) electrons. The van der Waals surface area contributed by atoms with Gasteiger partial charge in [0.05, 0.1) is 12.1 Å². The fraction of sp³-hybridized carbons (Fsp3) is 0.143. The van der Waals surface area contributed by atoms with Gasteiger partial charge in [-0.15, -0.1) is 11.3 Å². The highest BCUT2D eigenvalue weighted by molar-refractivity contribution is 7.16. The Morgan fingerprint density at radius 1 is 1.35 bits per heavy atom. The van der Waals surface area contributed by atoms with Gasteiger partial charge in [-0.2, -0.15) is 0 Å². The zero-order valence-electron chi connectivity index (χ0n) is 10.8.